The highest BCUT2D eigenvalue weighted by molar-refractivity contribution is 5.71. The molecule has 6 heteroatoms. The van der Waals surface area contributed by atoms with Gasteiger partial charge in [-0.3, -0.25) is 14.4 Å². The summed E-state index contributed by atoms with van der Waals surface area (Å²) in [6, 6.07) is 0. The number of esters is 3. The summed E-state index contributed by atoms with van der Waals surface area (Å²) in [7, 11) is 0. The van der Waals surface area contributed by atoms with E-state index in [1.165, 1.54) is 83.5 Å². The number of carbonyl (C=O) groups excluding carboxylic acids is 3. The third kappa shape index (κ3) is 67.4. The Hall–Kier alpha value is -5.23. The van der Waals surface area contributed by atoms with Gasteiger partial charge in [-0.25, -0.2) is 0 Å². The van der Waals surface area contributed by atoms with Gasteiger partial charge in [-0.15, -0.1) is 0 Å². The lowest BCUT2D eigenvalue weighted by Gasteiger charge is -2.18. The van der Waals surface area contributed by atoms with Crippen LogP contribution in [0.5, 0.6) is 0 Å². The smallest absolute Gasteiger partial charge is 0.306 e. The van der Waals surface area contributed by atoms with Gasteiger partial charge in [0.05, 0.1) is 0 Å². The zero-order valence-corrected chi connectivity index (χ0v) is 53.4. The molecule has 0 fully saturated rings. The first-order valence-electron chi connectivity index (χ1n) is 33.6. The molecule has 0 amide bonds. The van der Waals surface area contributed by atoms with Gasteiger partial charge in [0.15, 0.2) is 6.10 Å². The van der Waals surface area contributed by atoms with Crippen molar-refractivity contribution in [3.8, 4) is 0 Å². The van der Waals surface area contributed by atoms with E-state index in [9.17, 15) is 14.4 Å². The van der Waals surface area contributed by atoms with Crippen molar-refractivity contribution in [3.05, 3.63) is 170 Å². The van der Waals surface area contributed by atoms with Crippen LogP contribution in [0.2, 0.25) is 0 Å². The zero-order chi connectivity index (χ0) is 59.9. The van der Waals surface area contributed by atoms with Crippen molar-refractivity contribution in [2.75, 3.05) is 13.2 Å². The van der Waals surface area contributed by atoms with Gasteiger partial charge in [0.25, 0.3) is 0 Å². The number of ether oxygens (including phenoxy) is 3. The molecule has 83 heavy (non-hydrogen) atoms. The predicted octanol–water partition coefficient (Wildman–Crippen LogP) is 23.4. The van der Waals surface area contributed by atoms with Gasteiger partial charge in [0.2, 0.25) is 0 Å². The van der Waals surface area contributed by atoms with Crippen LogP contribution in [0.3, 0.4) is 0 Å². The second-order valence-electron chi connectivity index (χ2n) is 21.6. The van der Waals surface area contributed by atoms with Crippen LogP contribution in [0.4, 0.5) is 0 Å². The molecule has 1 atom stereocenters. The van der Waals surface area contributed by atoms with Gasteiger partial charge in [0, 0.05) is 19.3 Å². The number of rotatable bonds is 59. The van der Waals surface area contributed by atoms with Gasteiger partial charge < -0.3 is 14.2 Å². The summed E-state index contributed by atoms with van der Waals surface area (Å²) >= 11 is 0. The fraction of sp³-hybridized carbons (Fsp3) is 0.597. The first-order chi connectivity index (χ1) is 41.0. The van der Waals surface area contributed by atoms with Crippen molar-refractivity contribution in [1.29, 1.82) is 0 Å². The summed E-state index contributed by atoms with van der Waals surface area (Å²) in [4.78, 5) is 38.3. The molecule has 0 aromatic rings. The number of allylic oxidation sites excluding steroid dienone is 28. The second-order valence-corrected chi connectivity index (χ2v) is 21.6. The molecule has 6 nitrogen and oxygen atoms in total. The molecule has 1 unspecified atom stereocenters. The van der Waals surface area contributed by atoms with Gasteiger partial charge in [-0.1, -0.05) is 274 Å². The molecule has 466 valence electrons. The van der Waals surface area contributed by atoms with E-state index in [2.05, 4.69) is 191 Å². The first kappa shape index (κ1) is 77.8. The van der Waals surface area contributed by atoms with Crippen LogP contribution in [-0.2, 0) is 28.6 Å². The second kappa shape index (κ2) is 69.3. The SMILES string of the molecule is CC/C=C\C/C=C\C/C=C\C/C=C\C/C=C\C/C=C\C/C=C\C/C=C\CCCCCCCCCCC(=O)OCC(COC(=O)CCCC/C=C\C/C=C\C/C=C\C/C=C\CC)OC(=O)CCCCCCCCC/C=C\C/C=C\CCCCC. The van der Waals surface area contributed by atoms with Crippen molar-refractivity contribution in [1.82, 2.24) is 0 Å². The normalized spacial score (nSPS) is 13.2. The molecule has 0 aliphatic rings. The standard InChI is InChI=1S/C77H122O6/c1-4-7-10-13-16-19-22-25-28-30-31-32-33-34-35-36-37-38-39-40-41-42-43-44-45-47-49-52-55-58-61-64-67-70-76(79)82-73-74(72-81-75(78)69-66-63-60-57-54-51-48-27-24-21-18-15-12-9-6-3)83-77(80)71-68-65-62-59-56-53-50-46-29-26-23-20-17-14-11-8-5-2/h7,9-10,12,16-21,25-29,31-32,34-35,37-38,40-41,43-44,48,54,57,74H,4-6,8,11,13-15,22-24,30,33,36,39,42,45-47,49-53,55-56,58-73H2,1-3H3/b10-7-,12-9-,19-16-,20-17-,21-18-,28-25-,29-26-,32-31-,35-34-,38-37-,41-40-,44-43-,48-27-,57-54-. The lowest BCUT2D eigenvalue weighted by atomic mass is 10.1. The van der Waals surface area contributed by atoms with Gasteiger partial charge in [0.1, 0.15) is 13.2 Å². The van der Waals surface area contributed by atoms with Crippen LogP contribution in [0.1, 0.15) is 278 Å². The first-order valence-corrected chi connectivity index (χ1v) is 33.6. The van der Waals surface area contributed by atoms with Gasteiger partial charge in [-0.05, 0) is 154 Å². The Morgan fingerprint density at radius 2 is 0.470 bits per heavy atom. The van der Waals surface area contributed by atoms with E-state index in [1.807, 2.05) is 0 Å². The average molecular weight is 1140 g/mol. The Morgan fingerprint density at radius 1 is 0.253 bits per heavy atom. The molecule has 0 aliphatic carbocycles. The minimum absolute atomic E-state index is 0.106. The van der Waals surface area contributed by atoms with E-state index in [1.54, 1.807) is 0 Å². The van der Waals surface area contributed by atoms with E-state index in [-0.39, 0.29) is 31.1 Å². The lowest BCUT2D eigenvalue weighted by Crippen LogP contribution is -2.30. The van der Waals surface area contributed by atoms with Crippen LogP contribution < -0.4 is 0 Å². The van der Waals surface area contributed by atoms with E-state index in [4.69, 9.17) is 14.2 Å². The molecule has 0 aromatic carbocycles. The van der Waals surface area contributed by atoms with Crippen molar-refractivity contribution in [2.45, 2.75) is 284 Å². The molecular formula is C77H122O6. The summed E-state index contributed by atoms with van der Waals surface area (Å²) in [5.74, 6) is -0.966. The Kier molecular flexibility index (Phi) is 64.9. The molecule has 0 spiro atoms. The Morgan fingerprint density at radius 3 is 0.759 bits per heavy atom. The minimum Gasteiger partial charge on any atom is -0.462 e. The Balaban J connectivity index is 4.37. The Bertz CT molecular complexity index is 1890. The fourth-order valence-electron chi connectivity index (χ4n) is 8.71. The van der Waals surface area contributed by atoms with E-state index < -0.39 is 6.10 Å². The third-order valence-electron chi connectivity index (χ3n) is 13.7. The molecule has 0 rings (SSSR count). The maximum atomic E-state index is 12.9. The topological polar surface area (TPSA) is 78.9 Å². The van der Waals surface area contributed by atoms with Crippen molar-refractivity contribution >= 4 is 17.9 Å². The van der Waals surface area contributed by atoms with Crippen molar-refractivity contribution in [2.24, 2.45) is 0 Å². The number of unbranched alkanes of at least 4 members (excludes halogenated alkanes) is 20. The molecule has 0 saturated carbocycles. The zero-order valence-electron chi connectivity index (χ0n) is 53.4. The third-order valence-corrected chi connectivity index (χ3v) is 13.7. The van der Waals surface area contributed by atoms with Crippen LogP contribution in [-0.4, -0.2) is 37.2 Å². The van der Waals surface area contributed by atoms with Crippen molar-refractivity contribution < 1.29 is 28.6 Å². The maximum Gasteiger partial charge on any atom is 0.306 e. The monoisotopic (exact) mass is 1140 g/mol. The van der Waals surface area contributed by atoms with Crippen LogP contribution in [0.25, 0.3) is 0 Å². The molecule has 0 N–H and O–H groups in total. The molecule has 0 radical (unpaired) electrons. The highest BCUT2D eigenvalue weighted by Gasteiger charge is 2.19. The largest absolute Gasteiger partial charge is 0.462 e. The number of carbonyl (C=O) groups is 3. The van der Waals surface area contributed by atoms with Gasteiger partial charge in [-0.2, -0.15) is 0 Å². The summed E-state index contributed by atoms with van der Waals surface area (Å²) in [5.41, 5.74) is 0. The van der Waals surface area contributed by atoms with Crippen LogP contribution in [0.15, 0.2) is 170 Å². The summed E-state index contributed by atoms with van der Waals surface area (Å²) in [6.07, 6.45) is 102. The molecule has 0 aliphatic heterocycles. The summed E-state index contributed by atoms with van der Waals surface area (Å²) < 4.78 is 16.9. The highest BCUT2D eigenvalue weighted by atomic mass is 16.6. The lowest BCUT2D eigenvalue weighted by molar-refractivity contribution is -0.167. The number of hydrogen-bond donors (Lipinski definition) is 0. The van der Waals surface area contributed by atoms with E-state index in [0.29, 0.717) is 25.7 Å². The maximum absolute atomic E-state index is 12.9. The number of hydrogen-bond acceptors (Lipinski definition) is 6. The van der Waals surface area contributed by atoms with E-state index in [0.717, 1.165) is 148 Å². The molecule has 0 saturated heterocycles. The Labute approximate surface area is 511 Å². The predicted molar refractivity (Wildman–Crippen MR) is 361 cm³/mol. The molecule has 0 bridgehead atoms. The summed E-state index contributed by atoms with van der Waals surface area (Å²) in [6.45, 7) is 6.34. The quantitative estimate of drug-likeness (QED) is 0.0261. The summed E-state index contributed by atoms with van der Waals surface area (Å²) in [5, 5.41) is 0. The molecule has 0 heterocycles. The average Bonchev–Trinajstić information content (AvgIpc) is 3.49. The van der Waals surface area contributed by atoms with Crippen molar-refractivity contribution in [3.63, 3.8) is 0 Å². The highest BCUT2D eigenvalue weighted by Crippen LogP contribution is 2.15. The molecular weight excluding hydrogens is 1020 g/mol. The minimum atomic E-state index is -0.812. The molecule has 0 aromatic heterocycles. The van der Waals surface area contributed by atoms with Gasteiger partial charge >= 0.3 is 17.9 Å². The van der Waals surface area contributed by atoms with Crippen LogP contribution in [0, 0.1) is 0 Å². The fourth-order valence-corrected chi connectivity index (χ4v) is 8.71. The van der Waals surface area contributed by atoms with Crippen LogP contribution >= 0.6 is 0 Å². The van der Waals surface area contributed by atoms with E-state index >= 15 is 0 Å².